The Morgan fingerprint density at radius 1 is 1.09 bits per heavy atom. The number of hydrogen-bond donors (Lipinski definition) is 0. The van der Waals surface area contributed by atoms with E-state index in [9.17, 15) is 0 Å². The highest BCUT2D eigenvalue weighted by Gasteiger charge is 2.22. The van der Waals surface area contributed by atoms with Crippen LogP contribution in [0.3, 0.4) is 0 Å². The summed E-state index contributed by atoms with van der Waals surface area (Å²) in [5.41, 5.74) is 5.45. The van der Waals surface area contributed by atoms with Gasteiger partial charge >= 0.3 is 0 Å². The van der Waals surface area contributed by atoms with Crippen LogP contribution in [0, 0.1) is 20.7 Å². The molecule has 0 aliphatic rings. The van der Waals surface area contributed by atoms with Gasteiger partial charge in [-0.1, -0.05) is 18.2 Å². The summed E-state index contributed by atoms with van der Waals surface area (Å²) in [6.45, 7) is 1.80. The van der Waals surface area contributed by atoms with Crippen LogP contribution in [0.15, 0.2) is 47.0 Å². The topological polar surface area (TPSA) is 29.9 Å². The van der Waals surface area contributed by atoms with E-state index in [1.807, 2.05) is 55.8 Å². The fourth-order valence-corrected chi connectivity index (χ4v) is 3.28. The third-order valence-corrected chi connectivity index (χ3v) is 4.27. The van der Waals surface area contributed by atoms with Crippen LogP contribution >= 0.6 is 0 Å². The molecule has 0 saturated carbocycles. The second-order valence-corrected chi connectivity index (χ2v) is 5.87. The Bertz CT molecular complexity index is 1160. The fourth-order valence-electron chi connectivity index (χ4n) is 3.28. The van der Waals surface area contributed by atoms with E-state index >= 15 is 0 Å². The Hall–Kier alpha value is -2.68. The molecule has 3 heterocycles. The highest BCUT2D eigenvalue weighted by Crippen LogP contribution is 2.37. The lowest BCUT2D eigenvalue weighted by atomic mass is 10.0. The van der Waals surface area contributed by atoms with E-state index in [1.165, 1.54) is 0 Å². The van der Waals surface area contributed by atoms with Crippen molar-refractivity contribution in [2.75, 3.05) is 0 Å². The zero-order chi connectivity index (χ0) is 18.6. The standard InChI is InChI=1S/C20H19N2O/c1-12-9-10-16(22(4)11-12)19-14(3)21-13(2)18-15-7-5-6-8-17(15)23-20(18)19/h5-11H,1-4H3/q+1/i1D3. The molecule has 0 bridgehead atoms. The van der Waals surface area contributed by atoms with Crippen LogP contribution < -0.4 is 4.57 Å². The summed E-state index contributed by atoms with van der Waals surface area (Å²) in [6, 6.07) is 11.4. The van der Waals surface area contributed by atoms with E-state index in [1.54, 1.807) is 12.3 Å². The van der Waals surface area contributed by atoms with E-state index < -0.39 is 6.85 Å². The van der Waals surface area contributed by atoms with Crippen LogP contribution in [0.5, 0.6) is 0 Å². The normalized spacial score (nSPS) is 14.0. The van der Waals surface area contributed by atoms with Gasteiger partial charge in [-0.2, -0.15) is 0 Å². The van der Waals surface area contributed by atoms with Crippen molar-refractivity contribution in [3.8, 4) is 11.3 Å². The van der Waals surface area contributed by atoms with Crippen molar-refractivity contribution in [2.45, 2.75) is 20.7 Å². The molecule has 0 unspecified atom stereocenters. The monoisotopic (exact) mass is 306 g/mol. The minimum Gasteiger partial charge on any atom is -0.455 e. The molecular weight excluding hydrogens is 284 g/mol. The Balaban J connectivity index is 2.06. The van der Waals surface area contributed by atoms with Gasteiger partial charge in [-0.25, -0.2) is 4.57 Å². The van der Waals surface area contributed by atoms with Crippen molar-refractivity contribution in [3.05, 3.63) is 59.5 Å². The largest absolute Gasteiger partial charge is 0.455 e. The number of furan rings is 1. The number of hydrogen-bond acceptors (Lipinski definition) is 2. The Morgan fingerprint density at radius 2 is 1.91 bits per heavy atom. The van der Waals surface area contributed by atoms with Crippen LogP contribution in [-0.4, -0.2) is 4.98 Å². The molecule has 0 aliphatic carbocycles. The second-order valence-electron chi connectivity index (χ2n) is 5.87. The molecule has 0 radical (unpaired) electrons. The quantitative estimate of drug-likeness (QED) is 0.488. The molecule has 0 atom stereocenters. The average Bonchev–Trinajstić information content (AvgIpc) is 2.94. The summed E-state index contributed by atoms with van der Waals surface area (Å²) in [5, 5.41) is 2.04. The molecule has 3 aromatic heterocycles. The van der Waals surface area contributed by atoms with Gasteiger partial charge < -0.3 is 4.42 Å². The summed E-state index contributed by atoms with van der Waals surface area (Å²) in [6.07, 6.45) is 1.65. The zero-order valence-corrected chi connectivity index (χ0v) is 13.3. The number of nitrogens with zero attached hydrogens (tertiary/aromatic N) is 2. The highest BCUT2D eigenvalue weighted by atomic mass is 16.3. The van der Waals surface area contributed by atoms with Crippen LogP contribution in [-0.2, 0) is 7.05 Å². The molecule has 0 aliphatic heterocycles. The Kier molecular flexibility index (Phi) is 2.34. The number of aryl methyl sites for hydroxylation is 4. The molecule has 3 heteroatoms. The van der Waals surface area contributed by atoms with Gasteiger partial charge in [-0.3, -0.25) is 4.98 Å². The van der Waals surface area contributed by atoms with Gasteiger partial charge in [0.2, 0.25) is 5.69 Å². The molecule has 4 aromatic rings. The fraction of sp³-hybridized carbons (Fsp3) is 0.200. The number of pyridine rings is 2. The summed E-state index contributed by atoms with van der Waals surface area (Å²) >= 11 is 0. The van der Waals surface area contributed by atoms with Gasteiger partial charge in [0.05, 0.1) is 11.1 Å². The first-order valence-electron chi connectivity index (χ1n) is 9.06. The van der Waals surface area contributed by atoms with E-state index in [2.05, 4.69) is 0 Å². The lowest BCUT2D eigenvalue weighted by molar-refractivity contribution is -0.660. The maximum Gasteiger partial charge on any atom is 0.217 e. The van der Waals surface area contributed by atoms with Crippen molar-refractivity contribution < 1.29 is 13.1 Å². The van der Waals surface area contributed by atoms with E-state index in [-0.39, 0.29) is 0 Å². The highest BCUT2D eigenvalue weighted by molar-refractivity contribution is 6.10. The van der Waals surface area contributed by atoms with Gasteiger partial charge in [0.25, 0.3) is 0 Å². The van der Waals surface area contributed by atoms with Gasteiger partial charge in [0.1, 0.15) is 18.2 Å². The Morgan fingerprint density at radius 3 is 2.70 bits per heavy atom. The first-order chi connectivity index (χ1) is 12.3. The lowest BCUT2D eigenvalue weighted by Gasteiger charge is -2.07. The lowest BCUT2D eigenvalue weighted by Crippen LogP contribution is -2.31. The van der Waals surface area contributed by atoms with Crippen LogP contribution in [0.4, 0.5) is 0 Å². The number of fused-ring (bicyclic) bond motifs is 3. The molecule has 0 saturated heterocycles. The van der Waals surface area contributed by atoms with Crippen molar-refractivity contribution in [2.24, 2.45) is 7.05 Å². The van der Waals surface area contributed by atoms with Gasteiger partial charge in [-0.15, -0.1) is 0 Å². The Labute approximate surface area is 139 Å². The van der Waals surface area contributed by atoms with Crippen LogP contribution in [0.25, 0.3) is 33.2 Å². The summed E-state index contributed by atoms with van der Waals surface area (Å²) in [7, 11) is 1.85. The maximum absolute atomic E-state index is 7.61. The van der Waals surface area contributed by atoms with E-state index in [0.29, 0.717) is 5.56 Å². The van der Waals surface area contributed by atoms with Gasteiger partial charge in [0.15, 0.2) is 11.8 Å². The smallest absolute Gasteiger partial charge is 0.217 e. The zero-order valence-electron chi connectivity index (χ0n) is 16.3. The predicted octanol–water partition coefficient (Wildman–Crippen LogP) is 4.40. The first kappa shape index (κ1) is 10.9. The van der Waals surface area contributed by atoms with Crippen LogP contribution in [0.2, 0.25) is 0 Å². The minimum atomic E-state index is -2.13. The third kappa shape index (κ3) is 2.04. The molecule has 3 nitrogen and oxygen atoms in total. The maximum atomic E-state index is 7.61. The van der Waals surface area contributed by atoms with Crippen molar-refractivity contribution >= 4 is 21.9 Å². The van der Waals surface area contributed by atoms with Crippen molar-refractivity contribution in [3.63, 3.8) is 0 Å². The third-order valence-electron chi connectivity index (χ3n) is 4.27. The molecular formula is C20H19N2O+. The molecule has 0 N–H and O–H groups in total. The number of para-hydroxylation sites is 1. The molecule has 0 spiro atoms. The van der Waals surface area contributed by atoms with E-state index in [4.69, 9.17) is 13.5 Å². The molecule has 0 fully saturated rings. The molecule has 0 amide bonds. The summed E-state index contributed by atoms with van der Waals surface area (Å²) in [5.74, 6) is 0. The first-order valence-corrected chi connectivity index (χ1v) is 7.56. The SMILES string of the molecule is [2H]C([2H])([2H])c1ccc(-c2c(C)nc(C)c3c2oc2ccccc23)[n+](C)c1. The van der Waals surface area contributed by atoms with Crippen LogP contribution in [0.1, 0.15) is 21.1 Å². The molecule has 4 rings (SSSR count). The van der Waals surface area contributed by atoms with E-state index in [0.717, 1.165) is 44.6 Å². The number of rotatable bonds is 1. The average molecular weight is 306 g/mol. The second kappa shape index (κ2) is 4.92. The molecule has 1 aromatic carbocycles. The van der Waals surface area contributed by atoms with Crippen molar-refractivity contribution in [1.82, 2.24) is 4.98 Å². The van der Waals surface area contributed by atoms with Crippen molar-refractivity contribution in [1.29, 1.82) is 0 Å². The predicted molar refractivity (Wildman–Crippen MR) is 92.3 cm³/mol. The number of benzene rings is 1. The summed E-state index contributed by atoms with van der Waals surface area (Å²) < 4.78 is 30.8. The molecule has 114 valence electrons. The minimum absolute atomic E-state index is 0.308. The number of aromatic nitrogens is 2. The van der Waals surface area contributed by atoms with Gasteiger partial charge in [-0.05, 0) is 32.8 Å². The van der Waals surface area contributed by atoms with Gasteiger partial charge in [0, 0.05) is 26.8 Å². The summed E-state index contributed by atoms with van der Waals surface area (Å²) in [4.78, 5) is 4.73. The molecule has 23 heavy (non-hydrogen) atoms.